The Bertz CT molecular complexity index is 534. The summed E-state index contributed by atoms with van der Waals surface area (Å²) < 4.78 is 5.72. The van der Waals surface area contributed by atoms with Crippen LogP contribution in [0.25, 0.3) is 0 Å². The van der Waals surface area contributed by atoms with Crippen molar-refractivity contribution in [3.63, 3.8) is 0 Å². The van der Waals surface area contributed by atoms with E-state index in [2.05, 4.69) is 0 Å². The maximum Gasteiger partial charge on any atom is 0.339 e. The van der Waals surface area contributed by atoms with Crippen molar-refractivity contribution in [2.75, 3.05) is 0 Å². The minimum atomic E-state index is -0.589. The number of esters is 1. The second kappa shape index (κ2) is 5.70. The Morgan fingerprint density at radius 2 is 1.53 bits per heavy atom. The first-order valence-corrected chi connectivity index (χ1v) is 6.49. The molecule has 0 saturated carbocycles. The highest BCUT2D eigenvalue weighted by atomic mass is 16.6. The molecule has 0 aromatic heterocycles. The molecule has 0 aliphatic carbocycles. The van der Waals surface area contributed by atoms with E-state index in [4.69, 9.17) is 4.74 Å². The number of hydrogen-bond donors (Lipinski definition) is 0. The van der Waals surface area contributed by atoms with Crippen molar-refractivity contribution < 1.29 is 9.53 Å². The average Bonchev–Trinajstić information content (AvgIpc) is 2.49. The largest absolute Gasteiger partial charge is 0.451 e. The summed E-state index contributed by atoms with van der Waals surface area (Å²) >= 11 is 0. The number of benzene rings is 2. The monoisotopic (exact) mass is 254 g/mol. The van der Waals surface area contributed by atoms with Crippen molar-refractivity contribution in [2.45, 2.75) is 25.9 Å². The summed E-state index contributed by atoms with van der Waals surface area (Å²) in [6, 6.07) is 18.9. The van der Waals surface area contributed by atoms with Crippen molar-refractivity contribution in [2.24, 2.45) is 0 Å². The van der Waals surface area contributed by atoms with Crippen LogP contribution in [0, 0.1) is 0 Å². The van der Waals surface area contributed by atoms with Gasteiger partial charge in [-0.2, -0.15) is 0 Å². The van der Waals surface area contributed by atoms with Crippen molar-refractivity contribution in [3.05, 3.63) is 71.8 Å². The van der Waals surface area contributed by atoms with Gasteiger partial charge in [-0.25, -0.2) is 4.79 Å². The van der Waals surface area contributed by atoms with Crippen LogP contribution in [0.1, 0.15) is 36.2 Å². The van der Waals surface area contributed by atoms with Crippen LogP contribution in [-0.2, 0) is 10.3 Å². The third-order valence-corrected chi connectivity index (χ3v) is 3.39. The van der Waals surface area contributed by atoms with Crippen molar-refractivity contribution >= 4 is 5.97 Å². The molecule has 0 unspecified atom stereocenters. The highest BCUT2D eigenvalue weighted by Crippen LogP contribution is 2.29. The van der Waals surface area contributed by atoms with Gasteiger partial charge >= 0.3 is 5.97 Å². The molecule has 98 valence electrons. The third kappa shape index (κ3) is 3.02. The molecule has 0 bridgehead atoms. The van der Waals surface area contributed by atoms with Crippen molar-refractivity contribution in [1.29, 1.82) is 0 Å². The number of carbonyl (C=O) groups is 1. The Hall–Kier alpha value is -2.09. The standard InChI is InChI=1S/C17H18O2/c1-3-17(2,15-12-8-5-9-13-15)19-16(18)14-10-6-4-7-11-14/h4-13H,3H2,1-2H3/t17-/m0/s1. The number of hydrogen-bond acceptors (Lipinski definition) is 2. The summed E-state index contributed by atoms with van der Waals surface area (Å²) in [4.78, 5) is 12.2. The molecule has 0 spiro atoms. The Morgan fingerprint density at radius 1 is 1.00 bits per heavy atom. The molecule has 0 saturated heterocycles. The molecular weight excluding hydrogens is 236 g/mol. The Morgan fingerprint density at radius 3 is 2.05 bits per heavy atom. The van der Waals surface area contributed by atoms with Crippen LogP contribution in [0.4, 0.5) is 0 Å². The predicted molar refractivity (Wildman–Crippen MR) is 75.9 cm³/mol. The van der Waals surface area contributed by atoms with Gasteiger partial charge in [0.05, 0.1) is 5.56 Å². The first kappa shape index (κ1) is 13.3. The van der Waals surface area contributed by atoms with Gasteiger partial charge in [-0.1, -0.05) is 55.5 Å². The molecule has 0 N–H and O–H groups in total. The van der Waals surface area contributed by atoms with Gasteiger partial charge in [0.25, 0.3) is 0 Å². The summed E-state index contributed by atoms with van der Waals surface area (Å²) in [5.41, 5.74) is 1.01. The van der Waals surface area contributed by atoms with Gasteiger partial charge in [0.1, 0.15) is 5.60 Å². The van der Waals surface area contributed by atoms with Crippen LogP contribution in [0.2, 0.25) is 0 Å². The lowest BCUT2D eigenvalue weighted by Crippen LogP contribution is -2.28. The molecule has 1 atom stereocenters. The second-order valence-corrected chi connectivity index (χ2v) is 4.71. The number of carbonyl (C=O) groups excluding carboxylic acids is 1. The molecule has 0 amide bonds. The topological polar surface area (TPSA) is 26.3 Å². The van der Waals surface area contributed by atoms with E-state index in [-0.39, 0.29) is 5.97 Å². The molecule has 0 radical (unpaired) electrons. The summed E-state index contributed by atoms with van der Waals surface area (Å²) in [5, 5.41) is 0. The van der Waals surface area contributed by atoms with Crippen LogP contribution in [0.15, 0.2) is 60.7 Å². The maximum absolute atomic E-state index is 12.2. The van der Waals surface area contributed by atoms with E-state index >= 15 is 0 Å². The van der Waals surface area contributed by atoms with Crippen LogP contribution in [0.5, 0.6) is 0 Å². The normalized spacial score (nSPS) is 13.6. The van der Waals surface area contributed by atoms with Gasteiger partial charge < -0.3 is 4.74 Å². The fourth-order valence-corrected chi connectivity index (χ4v) is 1.96. The lowest BCUT2D eigenvalue weighted by Gasteiger charge is -2.29. The van der Waals surface area contributed by atoms with Crippen LogP contribution in [-0.4, -0.2) is 5.97 Å². The summed E-state index contributed by atoms with van der Waals surface area (Å²) in [6.45, 7) is 3.97. The Kier molecular flexibility index (Phi) is 4.00. The summed E-state index contributed by atoms with van der Waals surface area (Å²) in [6.07, 6.45) is 0.732. The minimum Gasteiger partial charge on any atom is -0.451 e. The van der Waals surface area contributed by atoms with Crippen molar-refractivity contribution in [3.8, 4) is 0 Å². The van der Waals surface area contributed by atoms with E-state index in [1.807, 2.05) is 62.4 Å². The third-order valence-electron chi connectivity index (χ3n) is 3.39. The molecule has 0 fully saturated rings. The highest BCUT2D eigenvalue weighted by Gasteiger charge is 2.29. The number of ether oxygens (including phenoxy) is 1. The molecule has 2 aromatic rings. The maximum atomic E-state index is 12.2. The molecular formula is C17H18O2. The molecule has 2 rings (SSSR count). The summed E-state index contributed by atoms with van der Waals surface area (Å²) in [5.74, 6) is -0.284. The molecule has 0 heterocycles. The minimum absolute atomic E-state index is 0.284. The summed E-state index contributed by atoms with van der Waals surface area (Å²) in [7, 11) is 0. The van der Waals surface area contributed by atoms with Crippen molar-refractivity contribution in [1.82, 2.24) is 0 Å². The second-order valence-electron chi connectivity index (χ2n) is 4.71. The van der Waals surface area contributed by atoms with Gasteiger partial charge in [0.2, 0.25) is 0 Å². The zero-order valence-corrected chi connectivity index (χ0v) is 11.3. The van der Waals surface area contributed by atoms with Crippen LogP contribution in [0.3, 0.4) is 0 Å². The van der Waals surface area contributed by atoms with Gasteiger partial charge in [0, 0.05) is 0 Å². The highest BCUT2D eigenvalue weighted by molar-refractivity contribution is 5.89. The molecule has 19 heavy (non-hydrogen) atoms. The fraction of sp³-hybridized carbons (Fsp3) is 0.235. The Balaban J connectivity index is 2.22. The average molecular weight is 254 g/mol. The molecule has 2 heteroatoms. The van der Waals surface area contributed by atoms with Crippen LogP contribution >= 0.6 is 0 Å². The van der Waals surface area contributed by atoms with Gasteiger partial charge in [0.15, 0.2) is 0 Å². The van der Waals surface area contributed by atoms with E-state index in [0.717, 1.165) is 12.0 Å². The smallest absolute Gasteiger partial charge is 0.339 e. The van der Waals surface area contributed by atoms with Gasteiger partial charge in [-0.05, 0) is 31.0 Å². The molecule has 2 aromatic carbocycles. The fourth-order valence-electron chi connectivity index (χ4n) is 1.96. The Labute approximate surface area is 114 Å². The van der Waals surface area contributed by atoms with Crippen LogP contribution < -0.4 is 0 Å². The first-order chi connectivity index (χ1) is 9.15. The molecule has 0 aliphatic heterocycles. The van der Waals surface area contributed by atoms with E-state index in [1.54, 1.807) is 12.1 Å². The van der Waals surface area contributed by atoms with E-state index < -0.39 is 5.60 Å². The SMILES string of the molecule is CC[C@](C)(OC(=O)c1ccccc1)c1ccccc1. The van der Waals surface area contributed by atoms with E-state index in [1.165, 1.54) is 0 Å². The lowest BCUT2D eigenvalue weighted by molar-refractivity contribution is -0.0141. The molecule has 2 nitrogen and oxygen atoms in total. The van der Waals surface area contributed by atoms with E-state index in [9.17, 15) is 4.79 Å². The van der Waals surface area contributed by atoms with Gasteiger partial charge in [-0.15, -0.1) is 0 Å². The predicted octanol–water partition coefficient (Wildman–Crippen LogP) is 4.17. The van der Waals surface area contributed by atoms with Gasteiger partial charge in [-0.3, -0.25) is 0 Å². The quantitative estimate of drug-likeness (QED) is 0.765. The molecule has 0 aliphatic rings. The lowest BCUT2D eigenvalue weighted by atomic mass is 9.93. The first-order valence-electron chi connectivity index (χ1n) is 6.49. The zero-order valence-electron chi connectivity index (χ0n) is 11.3. The zero-order chi connectivity index (χ0) is 13.7. The van der Waals surface area contributed by atoms with E-state index in [0.29, 0.717) is 5.56 Å². The number of rotatable bonds is 4.